The van der Waals surface area contributed by atoms with Crippen molar-refractivity contribution in [1.82, 2.24) is 0 Å². The van der Waals surface area contributed by atoms with Crippen molar-refractivity contribution in [3.05, 3.63) is 282 Å². The first-order valence-corrected chi connectivity index (χ1v) is 22.8. The van der Waals surface area contributed by atoms with Gasteiger partial charge in [-0.3, -0.25) is 0 Å². The summed E-state index contributed by atoms with van der Waals surface area (Å²) < 4.78 is 0. The first-order chi connectivity index (χ1) is 32.0. The Balaban J connectivity index is 1.06. The van der Waals surface area contributed by atoms with Gasteiger partial charge >= 0.3 is 0 Å². The lowest BCUT2D eigenvalue weighted by Crippen LogP contribution is -2.28. The Bertz CT molecular complexity index is 3270. The summed E-state index contributed by atoms with van der Waals surface area (Å²) in [6.07, 6.45) is 0. The van der Waals surface area contributed by atoms with Crippen LogP contribution in [-0.4, -0.2) is 0 Å². The second-order valence-electron chi connectivity index (χ2n) is 18.0. The molecule has 10 aromatic carbocycles. The van der Waals surface area contributed by atoms with Gasteiger partial charge in [0.1, 0.15) is 0 Å². The standard InChI is InChI=1S/C64H47N/c1-63(2)58-31-17-15-28-54(58)56-30-19-33-61(62(56)63)65(52-36-34-46(35-37-52)49-41-47(44-20-7-3-8-21-44)40-48(42-49)45-22-9-4-10-23-45)53-38-39-60-57(43-53)55-29-16-18-32-59(55)64(60,50-24-11-5-12-25-50)51-26-13-6-14-27-51/h3-43H,1-2H3. The summed E-state index contributed by atoms with van der Waals surface area (Å²) in [5.74, 6) is 0. The SMILES string of the molecule is CC1(C)c2ccccc2-c2cccc(N(c3ccc(-c4cc(-c5ccccc5)cc(-c5ccccc5)c4)cc3)c3ccc4c(c3)-c3ccccc3C4(c3ccccc3)c3ccccc3)c21. The second-order valence-corrected chi connectivity index (χ2v) is 18.0. The number of rotatable bonds is 8. The van der Waals surface area contributed by atoms with E-state index in [2.05, 4.69) is 267 Å². The van der Waals surface area contributed by atoms with Crippen molar-refractivity contribution in [2.75, 3.05) is 4.90 Å². The van der Waals surface area contributed by atoms with Crippen molar-refractivity contribution in [2.24, 2.45) is 0 Å². The maximum atomic E-state index is 2.51. The first kappa shape index (κ1) is 38.7. The van der Waals surface area contributed by atoms with E-state index >= 15 is 0 Å². The van der Waals surface area contributed by atoms with Crippen LogP contribution in [0.3, 0.4) is 0 Å². The molecule has 0 amide bonds. The summed E-state index contributed by atoms with van der Waals surface area (Å²) in [4.78, 5) is 2.51. The zero-order chi connectivity index (χ0) is 43.5. The highest BCUT2D eigenvalue weighted by Crippen LogP contribution is 2.58. The van der Waals surface area contributed by atoms with Gasteiger partial charge in [0.15, 0.2) is 0 Å². The van der Waals surface area contributed by atoms with Crippen LogP contribution in [0.5, 0.6) is 0 Å². The molecule has 0 N–H and O–H groups in total. The van der Waals surface area contributed by atoms with Gasteiger partial charge in [-0.05, 0) is 138 Å². The number of hydrogen-bond acceptors (Lipinski definition) is 1. The molecule has 1 nitrogen and oxygen atoms in total. The maximum Gasteiger partial charge on any atom is 0.0713 e. The molecule has 0 fully saturated rings. The van der Waals surface area contributed by atoms with Crippen molar-refractivity contribution in [3.63, 3.8) is 0 Å². The van der Waals surface area contributed by atoms with Crippen molar-refractivity contribution >= 4 is 17.1 Å². The minimum Gasteiger partial charge on any atom is -0.310 e. The van der Waals surface area contributed by atoms with Crippen molar-refractivity contribution in [2.45, 2.75) is 24.7 Å². The van der Waals surface area contributed by atoms with Gasteiger partial charge in [0.25, 0.3) is 0 Å². The molecule has 2 aliphatic carbocycles. The molecule has 308 valence electrons. The molecule has 12 rings (SSSR count). The van der Waals surface area contributed by atoms with Crippen LogP contribution < -0.4 is 4.90 Å². The number of hydrogen-bond donors (Lipinski definition) is 0. The van der Waals surface area contributed by atoms with Crippen LogP contribution in [0.4, 0.5) is 17.1 Å². The molecular formula is C64H47N. The molecule has 0 saturated carbocycles. The molecule has 0 heterocycles. The molecule has 2 aliphatic rings. The van der Waals surface area contributed by atoms with Crippen LogP contribution >= 0.6 is 0 Å². The molecule has 0 unspecified atom stereocenters. The molecule has 0 saturated heterocycles. The summed E-state index contributed by atoms with van der Waals surface area (Å²) in [7, 11) is 0. The zero-order valence-electron chi connectivity index (χ0n) is 36.6. The monoisotopic (exact) mass is 829 g/mol. The third kappa shape index (κ3) is 6.15. The Morgan fingerprint density at radius 1 is 0.292 bits per heavy atom. The summed E-state index contributed by atoms with van der Waals surface area (Å²) in [6, 6.07) is 92.0. The van der Waals surface area contributed by atoms with E-state index in [-0.39, 0.29) is 5.41 Å². The molecular weight excluding hydrogens is 783 g/mol. The van der Waals surface area contributed by atoms with E-state index in [4.69, 9.17) is 0 Å². The van der Waals surface area contributed by atoms with Crippen molar-refractivity contribution in [1.29, 1.82) is 0 Å². The maximum absolute atomic E-state index is 2.51. The van der Waals surface area contributed by atoms with Crippen LogP contribution in [0.25, 0.3) is 55.6 Å². The topological polar surface area (TPSA) is 3.24 Å². The van der Waals surface area contributed by atoms with E-state index in [9.17, 15) is 0 Å². The predicted octanol–water partition coefficient (Wildman–Crippen LogP) is 16.8. The largest absolute Gasteiger partial charge is 0.310 e. The predicted molar refractivity (Wildman–Crippen MR) is 272 cm³/mol. The highest BCUT2D eigenvalue weighted by molar-refractivity contribution is 5.94. The zero-order valence-corrected chi connectivity index (χ0v) is 36.6. The average Bonchev–Trinajstić information content (AvgIpc) is 3.81. The third-order valence-electron chi connectivity index (χ3n) is 14.1. The summed E-state index contributed by atoms with van der Waals surface area (Å²) in [5, 5.41) is 0. The molecule has 65 heavy (non-hydrogen) atoms. The Hall–Kier alpha value is -8.00. The van der Waals surface area contributed by atoms with Gasteiger partial charge in [-0.25, -0.2) is 0 Å². The van der Waals surface area contributed by atoms with E-state index in [1.54, 1.807) is 0 Å². The minimum absolute atomic E-state index is 0.217. The third-order valence-corrected chi connectivity index (χ3v) is 14.1. The fourth-order valence-corrected chi connectivity index (χ4v) is 11.2. The first-order valence-electron chi connectivity index (χ1n) is 22.8. The molecule has 0 bridgehead atoms. The van der Waals surface area contributed by atoms with Gasteiger partial charge in [-0.1, -0.05) is 214 Å². The molecule has 0 atom stereocenters. The lowest BCUT2D eigenvalue weighted by Gasteiger charge is -2.35. The van der Waals surface area contributed by atoms with Crippen LogP contribution in [0.1, 0.15) is 47.2 Å². The van der Waals surface area contributed by atoms with Gasteiger partial charge in [-0.15, -0.1) is 0 Å². The van der Waals surface area contributed by atoms with Gasteiger partial charge in [0.05, 0.1) is 11.1 Å². The van der Waals surface area contributed by atoms with Crippen LogP contribution in [0, 0.1) is 0 Å². The molecule has 0 spiro atoms. The van der Waals surface area contributed by atoms with Gasteiger partial charge in [0.2, 0.25) is 0 Å². The normalized spacial score (nSPS) is 13.6. The molecule has 0 radical (unpaired) electrons. The smallest absolute Gasteiger partial charge is 0.0713 e. The van der Waals surface area contributed by atoms with E-state index in [1.165, 1.54) is 94.7 Å². The van der Waals surface area contributed by atoms with Crippen molar-refractivity contribution < 1.29 is 0 Å². The number of benzene rings is 10. The minimum atomic E-state index is -0.468. The van der Waals surface area contributed by atoms with E-state index in [1.807, 2.05) is 0 Å². The number of fused-ring (bicyclic) bond motifs is 6. The van der Waals surface area contributed by atoms with E-state index < -0.39 is 5.41 Å². The van der Waals surface area contributed by atoms with Crippen LogP contribution in [0.15, 0.2) is 249 Å². The summed E-state index contributed by atoms with van der Waals surface area (Å²) >= 11 is 0. The molecule has 0 aromatic heterocycles. The number of anilines is 3. The van der Waals surface area contributed by atoms with Crippen LogP contribution in [-0.2, 0) is 10.8 Å². The average molecular weight is 830 g/mol. The lowest BCUT2D eigenvalue weighted by molar-refractivity contribution is 0.661. The van der Waals surface area contributed by atoms with Gasteiger partial charge in [-0.2, -0.15) is 0 Å². The highest BCUT2D eigenvalue weighted by atomic mass is 15.1. The lowest BCUT2D eigenvalue weighted by atomic mass is 9.68. The fourth-order valence-electron chi connectivity index (χ4n) is 11.2. The summed E-state index contributed by atoms with van der Waals surface area (Å²) in [6.45, 7) is 4.78. The fraction of sp³-hybridized carbons (Fsp3) is 0.0625. The van der Waals surface area contributed by atoms with E-state index in [0.717, 1.165) is 11.4 Å². The Labute approximate surface area is 382 Å². The quantitative estimate of drug-likeness (QED) is 0.147. The van der Waals surface area contributed by atoms with Crippen molar-refractivity contribution in [3.8, 4) is 55.6 Å². The Morgan fingerprint density at radius 2 is 0.723 bits per heavy atom. The molecule has 1 heteroatoms. The Kier molecular flexibility index (Phi) is 9.14. The highest BCUT2D eigenvalue weighted by Gasteiger charge is 2.46. The van der Waals surface area contributed by atoms with E-state index in [0.29, 0.717) is 0 Å². The van der Waals surface area contributed by atoms with Gasteiger partial charge < -0.3 is 4.90 Å². The molecule has 10 aromatic rings. The number of nitrogens with zero attached hydrogens (tertiary/aromatic N) is 1. The summed E-state index contributed by atoms with van der Waals surface area (Å²) in [5.41, 5.74) is 22.9. The Morgan fingerprint density at radius 3 is 1.29 bits per heavy atom. The second kappa shape index (κ2) is 15.4. The van der Waals surface area contributed by atoms with Gasteiger partial charge in [0, 0.05) is 16.8 Å². The van der Waals surface area contributed by atoms with Crippen LogP contribution in [0.2, 0.25) is 0 Å². The molecule has 0 aliphatic heterocycles.